The maximum absolute atomic E-state index is 6.45. The van der Waals surface area contributed by atoms with E-state index in [0.29, 0.717) is 0 Å². The van der Waals surface area contributed by atoms with Gasteiger partial charge >= 0.3 is 0 Å². The topological polar surface area (TPSA) is 12.9 Å². The van der Waals surface area contributed by atoms with Crippen LogP contribution in [0.2, 0.25) is 5.02 Å². The maximum atomic E-state index is 6.45. The third kappa shape index (κ3) is 2.21. The average molecular weight is 313 g/mol. The summed E-state index contributed by atoms with van der Waals surface area (Å²) in [5, 5.41) is 1.87. The van der Waals surface area contributed by atoms with Crippen LogP contribution < -0.4 is 0 Å². The predicted octanol–water partition coefficient (Wildman–Crippen LogP) is 5.26. The Hall–Kier alpha value is -0.600. The molecule has 0 atom stereocenters. The van der Waals surface area contributed by atoms with Crippen LogP contribution in [-0.2, 0) is 5.41 Å². The van der Waals surface area contributed by atoms with Crippen LogP contribution >= 0.6 is 27.5 Å². The minimum atomic E-state index is 0.0536. The molecular weight excluding hydrogens is 298 g/mol. The van der Waals surface area contributed by atoms with Gasteiger partial charge < -0.3 is 0 Å². The van der Waals surface area contributed by atoms with Crippen LogP contribution in [0, 0.1) is 6.92 Å². The molecule has 2 aromatic rings. The zero-order valence-electron chi connectivity index (χ0n) is 10.4. The summed E-state index contributed by atoms with van der Waals surface area (Å²) < 4.78 is 0.988. The first kappa shape index (κ1) is 12.8. The first-order chi connectivity index (χ1) is 7.82. The molecule has 17 heavy (non-hydrogen) atoms. The maximum Gasteiger partial charge on any atom is 0.0862 e. The first-order valence-corrected chi connectivity index (χ1v) is 6.73. The highest BCUT2D eigenvalue weighted by Crippen LogP contribution is 2.37. The summed E-state index contributed by atoms with van der Waals surface area (Å²) >= 11 is 9.98. The zero-order valence-corrected chi connectivity index (χ0v) is 12.8. The number of halogens is 2. The van der Waals surface area contributed by atoms with Crippen molar-refractivity contribution in [1.29, 1.82) is 0 Å². The minimum Gasteiger partial charge on any atom is -0.255 e. The monoisotopic (exact) mass is 311 g/mol. The number of hydrogen-bond donors (Lipinski definition) is 0. The molecule has 3 heteroatoms. The van der Waals surface area contributed by atoms with Crippen LogP contribution in [0.25, 0.3) is 10.9 Å². The van der Waals surface area contributed by atoms with Crippen LogP contribution in [0.1, 0.15) is 31.9 Å². The minimum absolute atomic E-state index is 0.0536. The summed E-state index contributed by atoms with van der Waals surface area (Å²) in [7, 11) is 0. The average Bonchev–Trinajstić information content (AvgIpc) is 2.22. The Kier molecular flexibility index (Phi) is 3.21. The van der Waals surface area contributed by atoms with Gasteiger partial charge in [0.25, 0.3) is 0 Å². The Morgan fingerprint density at radius 3 is 2.47 bits per heavy atom. The number of nitrogens with zero attached hydrogens (tertiary/aromatic N) is 1. The van der Waals surface area contributed by atoms with Gasteiger partial charge in [0, 0.05) is 16.1 Å². The van der Waals surface area contributed by atoms with Crippen LogP contribution in [0.5, 0.6) is 0 Å². The molecule has 0 saturated heterocycles. The molecule has 1 heterocycles. The van der Waals surface area contributed by atoms with E-state index in [1.807, 2.05) is 19.2 Å². The van der Waals surface area contributed by atoms with Crippen molar-refractivity contribution in [3.63, 3.8) is 0 Å². The molecule has 0 bridgehead atoms. The number of benzene rings is 1. The lowest BCUT2D eigenvalue weighted by Gasteiger charge is -2.22. The molecule has 0 spiro atoms. The van der Waals surface area contributed by atoms with Crippen LogP contribution in [0.3, 0.4) is 0 Å². The third-order valence-electron chi connectivity index (χ3n) is 2.89. The van der Waals surface area contributed by atoms with Gasteiger partial charge in [-0.05, 0) is 45.5 Å². The van der Waals surface area contributed by atoms with Crippen molar-refractivity contribution in [2.45, 2.75) is 33.1 Å². The van der Waals surface area contributed by atoms with Gasteiger partial charge in [-0.1, -0.05) is 38.4 Å². The normalized spacial score (nSPS) is 12.1. The highest BCUT2D eigenvalue weighted by molar-refractivity contribution is 9.10. The fraction of sp³-hybridized carbons (Fsp3) is 0.357. The van der Waals surface area contributed by atoms with Gasteiger partial charge in [-0.15, -0.1) is 0 Å². The molecule has 1 aromatic heterocycles. The molecule has 0 N–H and O–H groups in total. The van der Waals surface area contributed by atoms with Gasteiger partial charge in [0.2, 0.25) is 0 Å². The van der Waals surface area contributed by atoms with E-state index in [4.69, 9.17) is 11.6 Å². The smallest absolute Gasteiger partial charge is 0.0862 e. The van der Waals surface area contributed by atoms with E-state index in [2.05, 4.69) is 47.8 Å². The number of fused-ring (bicyclic) bond motifs is 1. The van der Waals surface area contributed by atoms with Crippen molar-refractivity contribution in [2.75, 3.05) is 0 Å². The second-order valence-electron chi connectivity index (χ2n) is 5.32. The summed E-state index contributed by atoms with van der Waals surface area (Å²) in [5.74, 6) is 0. The molecule has 1 nitrogen and oxygen atoms in total. The Morgan fingerprint density at radius 2 is 1.88 bits per heavy atom. The highest BCUT2D eigenvalue weighted by Gasteiger charge is 2.20. The van der Waals surface area contributed by atoms with Gasteiger partial charge in [-0.3, -0.25) is 4.98 Å². The predicted molar refractivity (Wildman–Crippen MR) is 77.9 cm³/mol. The lowest BCUT2D eigenvalue weighted by Crippen LogP contribution is -2.12. The first-order valence-electron chi connectivity index (χ1n) is 5.56. The van der Waals surface area contributed by atoms with Crippen LogP contribution in [0.15, 0.2) is 22.8 Å². The molecule has 0 fully saturated rings. The molecule has 1 aromatic carbocycles. The van der Waals surface area contributed by atoms with E-state index in [1.54, 1.807) is 0 Å². The van der Waals surface area contributed by atoms with E-state index in [0.717, 1.165) is 26.0 Å². The molecule has 0 aliphatic heterocycles. The molecular formula is C14H15BrClN. The second kappa shape index (κ2) is 4.25. The Balaban J connectivity index is 2.97. The lowest BCUT2D eigenvalue weighted by atomic mass is 9.84. The SMILES string of the molecule is Cc1cnc2c(Br)ccc(C(C)(C)C)c2c1Cl. The number of pyridine rings is 1. The quantitative estimate of drug-likeness (QED) is 0.647. The van der Waals surface area contributed by atoms with Crippen molar-refractivity contribution in [2.24, 2.45) is 0 Å². The van der Waals surface area contributed by atoms with Crippen molar-refractivity contribution in [1.82, 2.24) is 4.98 Å². The number of aromatic nitrogens is 1. The molecule has 0 radical (unpaired) electrons. The van der Waals surface area contributed by atoms with Crippen molar-refractivity contribution in [3.05, 3.63) is 39.0 Å². The summed E-state index contributed by atoms with van der Waals surface area (Å²) in [6, 6.07) is 4.17. The molecule has 2 rings (SSSR count). The van der Waals surface area contributed by atoms with Gasteiger partial charge in [-0.2, -0.15) is 0 Å². The van der Waals surface area contributed by atoms with Crippen LogP contribution in [0.4, 0.5) is 0 Å². The Bertz CT molecular complexity index is 585. The van der Waals surface area contributed by atoms with Crippen molar-refractivity contribution in [3.8, 4) is 0 Å². The van der Waals surface area contributed by atoms with Gasteiger partial charge in [0.15, 0.2) is 0 Å². The largest absolute Gasteiger partial charge is 0.255 e. The summed E-state index contributed by atoms with van der Waals surface area (Å²) in [5.41, 5.74) is 3.24. The fourth-order valence-electron chi connectivity index (χ4n) is 1.95. The van der Waals surface area contributed by atoms with E-state index in [1.165, 1.54) is 5.56 Å². The van der Waals surface area contributed by atoms with Crippen molar-refractivity contribution < 1.29 is 0 Å². The highest BCUT2D eigenvalue weighted by atomic mass is 79.9. The van der Waals surface area contributed by atoms with Crippen LogP contribution in [-0.4, -0.2) is 4.98 Å². The molecule has 0 amide bonds. The van der Waals surface area contributed by atoms with Gasteiger partial charge in [-0.25, -0.2) is 0 Å². The molecule has 0 unspecified atom stereocenters. The van der Waals surface area contributed by atoms with Gasteiger partial charge in [0.1, 0.15) is 0 Å². The van der Waals surface area contributed by atoms with E-state index in [-0.39, 0.29) is 5.41 Å². The zero-order chi connectivity index (χ0) is 12.8. The second-order valence-corrected chi connectivity index (χ2v) is 6.56. The number of aryl methyl sites for hydroxylation is 1. The van der Waals surface area contributed by atoms with E-state index < -0.39 is 0 Å². The van der Waals surface area contributed by atoms with Gasteiger partial charge in [0.05, 0.1) is 10.5 Å². The summed E-state index contributed by atoms with van der Waals surface area (Å²) in [4.78, 5) is 4.48. The van der Waals surface area contributed by atoms with E-state index in [9.17, 15) is 0 Å². The number of rotatable bonds is 0. The molecule has 90 valence electrons. The summed E-state index contributed by atoms with van der Waals surface area (Å²) in [6.45, 7) is 8.55. The Morgan fingerprint density at radius 1 is 1.24 bits per heavy atom. The third-order valence-corrected chi connectivity index (χ3v) is 4.02. The standard InChI is InChI=1S/C14H15BrClN/c1-8-7-17-13-10(15)6-5-9(14(2,3)4)11(13)12(8)16/h5-7H,1-4H3. The number of hydrogen-bond acceptors (Lipinski definition) is 1. The summed E-state index contributed by atoms with van der Waals surface area (Å²) in [6.07, 6.45) is 1.82. The van der Waals surface area contributed by atoms with E-state index >= 15 is 0 Å². The molecule has 0 saturated carbocycles. The fourth-order valence-corrected chi connectivity index (χ4v) is 2.63. The molecule has 0 aliphatic rings. The lowest BCUT2D eigenvalue weighted by molar-refractivity contribution is 0.595. The molecule has 0 aliphatic carbocycles. The van der Waals surface area contributed by atoms with Crippen molar-refractivity contribution >= 4 is 38.4 Å². The Labute approximate surface area is 115 Å².